The van der Waals surface area contributed by atoms with Crippen LogP contribution in [0.15, 0.2) is 24.7 Å². The molecule has 19 heavy (non-hydrogen) atoms. The summed E-state index contributed by atoms with van der Waals surface area (Å²) in [4.78, 5) is 17.0. The summed E-state index contributed by atoms with van der Waals surface area (Å²) < 4.78 is 13.3. The summed E-state index contributed by atoms with van der Waals surface area (Å²) in [6.07, 6.45) is 3.78. The van der Waals surface area contributed by atoms with Crippen LogP contribution in [0.4, 0.5) is 15.8 Å². The largest absolute Gasteiger partial charge is 0.379 e. The number of hydrogen-bond acceptors (Lipinski definition) is 4. The number of nitrogens with zero attached hydrogens (tertiary/aromatic N) is 2. The van der Waals surface area contributed by atoms with E-state index in [1.165, 1.54) is 0 Å². The van der Waals surface area contributed by atoms with Crippen LogP contribution in [0, 0.1) is 15.9 Å². The van der Waals surface area contributed by atoms with Crippen molar-refractivity contribution >= 4 is 23.0 Å². The van der Waals surface area contributed by atoms with Gasteiger partial charge in [-0.2, -0.15) is 0 Å². The Balaban J connectivity index is 2.10. The maximum atomic E-state index is 13.3. The second kappa shape index (κ2) is 5.66. The molecule has 0 aliphatic heterocycles. The van der Waals surface area contributed by atoms with Crippen molar-refractivity contribution in [2.45, 2.75) is 6.42 Å². The lowest BCUT2D eigenvalue weighted by Gasteiger charge is -2.07. The summed E-state index contributed by atoms with van der Waals surface area (Å²) in [6, 6.07) is 2.02. The molecule has 1 aromatic heterocycles. The molecule has 1 aromatic carbocycles. The average molecular weight is 285 g/mol. The van der Waals surface area contributed by atoms with Gasteiger partial charge in [0.15, 0.2) is 0 Å². The average Bonchev–Trinajstić information content (AvgIpc) is 2.86. The minimum absolute atomic E-state index is 0.103. The number of H-pyrrole nitrogens is 1. The number of anilines is 1. The zero-order chi connectivity index (χ0) is 13.8. The van der Waals surface area contributed by atoms with Crippen molar-refractivity contribution in [2.75, 3.05) is 11.9 Å². The molecule has 0 fully saturated rings. The number of nitrogens with one attached hydrogen (secondary N) is 2. The first-order chi connectivity index (χ1) is 9.08. The molecule has 0 bridgehead atoms. The highest BCUT2D eigenvalue weighted by molar-refractivity contribution is 6.31. The van der Waals surface area contributed by atoms with E-state index in [2.05, 4.69) is 15.3 Å². The molecule has 2 aromatic rings. The molecule has 0 atom stereocenters. The molecule has 0 aliphatic rings. The van der Waals surface area contributed by atoms with Gasteiger partial charge in [0.1, 0.15) is 11.5 Å². The molecule has 0 spiro atoms. The van der Waals surface area contributed by atoms with Gasteiger partial charge < -0.3 is 10.3 Å². The van der Waals surface area contributed by atoms with Gasteiger partial charge in [0, 0.05) is 37.0 Å². The second-order valence-corrected chi connectivity index (χ2v) is 4.20. The maximum Gasteiger partial charge on any atom is 0.294 e. The van der Waals surface area contributed by atoms with Crippen molar-refractivity contribution in [3.63, 3.8) is 0 Å². The van der Waals surface area contributed by atoms with E-state index in [4.69, 9.17) is 11.6 Å². The normalized spacial score (nSPS) is 10.4. The van der Waals surface area contributed by atoms with Gasteiger partial charge in [0.2, 0.25) is 0 Å². The Morgan fingerprint density at radius 3 is 2.95 bits per heavy atom. The molecule has 2 N–H and O–H groups in total. The molecule has 2 rings (SSSR count). The predicted octanol–water partition coefficient (Wildman–Crippen LogP) is 2.76. The topological polar surface area (TPSA) is 83.8 Å². The van der Waals surface area contributed by atoms with Crippen LogP contribution in [0.5, 0.6) is 0 Å². The van der Waals surface area contributed by atoms with Crippen molar-refractivity contribution in [3.05, 3.63) is 51.3 Å². The van der Waals surface area contributed by atoms with Crippen LogP contribution in [0.3, 0.4) is 0 Å². The Labute approximate surface area is 112 Å². The van der Waals surface area contributed by atoms with Crippen LogP contribution in [0.2, 0.25) is 5.02 Å². The summed E-state index contributed by atoms with van der Waals surface area (Å²) in [6.45, 7) is 0.407. The number of aromatic nitrogens is 2. The molecular weight excluding hydrogens is 275 g/mol. The fourth-order valence-corrected chi connectivity index (χ4v) is 1.74. The van der Waals surface area contributed by atoms with Gasteiger partial charge in [0.25, 0.3) is 5.69 Å². The van der Waals surface area contributed by atoms with Gasteiger partial charge in [-0.3, -0.25) is 10.1 Å². The number of aromatic amines is 1. The van der Waals surface area contributed by atoms with E-state index in [0.717, 1.165) is 17.8 Å². The minimum atomic E-state index is -0.698. The lowest BCUT2D eigenvalue weighted by Crippen LogP contribution is -2.07. The van der Waals surface area contributed by atoms with Crippen molar-refractivity contribution in [3.8, 4) is 0 Å². The highest BCUT2D eigenvalue weighted by Gasteiger charge is 2.17. The molecule has 0 radical (unpaired) electrons. The second-order valence-electron chi connectivity index (χ2n) is 3.79. The fraction of sp³-hybridized carbons (Fsp3) is 0.182. The first-order valence-corrected chi connectivity index (χ1v) is 5.80. The number of rotatable bonds is 5. The lowest BCUT2D eigenvalue weighted by atomic mass is 10.2. The third kappa shape index (κ3) is 3.19. The van der Waals surface area contributed by atoms with E-state index in [9.17, 15) is 14.5 Å². The molecule has 8 heteroatoms. The number of nitro benzene ring substituents is 1. The quantitative estimate of drug-likeness (QED) is 0.653. The third-order valence-corrected chi connectivity index (χ3v) is 2.79. The van der Waals surface area contributed by atoms with Gasteiger partial charge in [-0.25, -0.2) is 9.37 Å². The number of imidazole rings is 1. The van der Waals surface area contributed by atoms with Gasteiger partial charge >= 0.3 is 0 Å². The highest BCUT2D eigenvalue weighted by Crippen LogP contribution is 2.30. The van der Waals surface area contributed by atoms with E-state index in [1.807, 2.05) is 0 Å². The van der Waals surface area contributed by atoms with Crippen molar-refractivity contribution < 1.29 is 9.31 Å². The molecular formula is C11H10ClFN4O2. The Kier molecular flexibility index (Phi) is 3.96. The van der Waals surface area contributed by atoms with Crippen LogP contribution in [0.25, 0.3) is 0 Å². The standard InChI is InChI=1S/C11H10ClFN4O2/c12-8-3-11(17(18)19)10(4-9(8)13)15-2-1-7-5-14-6-16-7/h3-6,15H,1-2H2,(H,14,16). The first-order valence-electron chi connectivity index (χ1n) is 5.42. The third-order valence-electron chi connectivity index (χ3n) is 2.50. The van der Waals surface area contributed by atoms with E-state index in [-0.39, 0.29) is 16.4 Å². The molecule has 6 nitrogen and oxygen atoms in total. The summed E-state index contributed by atoms with van der Waals surface area (Å²) >= 11 is 5.52. The summed E-state index contributed by atoms with van der Waals surface area (Å²) in [5, 5.41) is 13.4. The molecule has 100 valence electrons. The van der Waals surface area contributed by atoms with Crippen molar-refractivity contribution in [1.29, 1.82) is 0 Å². The van der Waals surface area contributed by atoms with Crippen LogP contribution in [-0.2, 0) is 6.42 Å². The Bertz CT molecular complexity index is 589. The summed E-state index contributed by atoms with van der Waals surface area (Å²) in [5.74, 6) is -0.698. The zero-order valence-corrected chi connectivity index (χ0v) is 10.4. The number of hydrogen-bond donors (Lipinski definition) is 2. The van der Waals surface area contributed by atoms with Crippen molar-refractivity contribution in [2.24, 2.45) is 0 Å². The van der Waals surface area contributed by atoms with Crippen LogP contribution < -0.4 is 5.32 Å². The SMILES string of the molecule is O=[N+]([O-])c1cc(Cl)c(F)cc1NCCc1cnc[nH]1. The highest BCUT2D eigenvalue weighted by atomic mass is 35.5. The molecule has 0 saturated heterocycles. The molecule has 0 amide bonds. The molecule has 0 saturated carbocycles. The molecule has 1 heterocycles. The van der Waals surface area contributed by atoms with Crippen LogP contribution in [-0.4, -0.2) is 21.4 Å². The van der Waals surface area contributed by atoms with Crippen LogP contribution in [0.1, 0.15) is 5.69 Å². The van der Waals surface area contributed by atoms with Gasteiger partial charge in [0.05, 0.1) is 16.3 Å². The zero-order valence-electron chi connectivity index (χ0n) is 9.69. The Morgan fingerprint density at radius 1 is 1.53 bits per heavy atom. The summed E-state index contributed by atoms with van der Waals surface area (Å²) in [7, 11) is 0. The van der Waals surface area contributed by atoms with E-state index >= 15 is 0 Å². The van der Waals surface area contributed by atoms with E-state index < -0.39 is 10.7 Å². The van der Waals surface area contributed by atoms with Crippen molar-refractivity contribution in [1.82, 2.24) is 9.97 Å². The molecule has 0 unspecified atom stereocenters. The monoisotopic (exact) mass is 284 g/mol. The number of nitro groups is 1. The van der Waals surface area contributed by atoms with Gasteiger partial charge in [-0.15, -0.1) is 0 Å². The first kappa shape index (κ1) is 13.3. The fourth-order valence-electron chi connectivity index (χ4n) is 1.58. The van der Waals surface area contributed by atoms with E-state index in [1.54, 1.807) is 12.5 Å². The number of benzene rings is 1. The number of halogens is 2. The van der Waals surface area contributed by atoms with Crippen LogP contribution >= 0.6 is 11.6 Å². The predicted molar refractivity (Wildman–Crippen MR) is 68.8 cm³/mol. The smallest absolute Gasteiger partial charge is 0.294 e. The van der Waals surface area contributed by atoms with E-state index in [0.29, 0.717) is 13.0 Å². The minimum Gasteiger partial charge on any atom is -0.379 e. The lowest BCUT2D eigenvalue weighted by molar-refractivity contribution is -0.384. The van der Waals surface area contributed by atoms with Gasteiger partial charge in [-0.1, -0.05) is 11.6 Å². The summed E-state index contributed by atoms with van der Waals surface area (Å²) in [5.41, 5.74) is 0.729. The Morgan fingerprint density at radius 2 is 2.32 bits per heavy atom. The Hall–Kier alpha value is -2.15. The molecule has 0 aliphatic carbocycles. The maximum absolute atomic E-state index is 13.3. The van der Waals surface area contributed by atoms with Gasteiger partial charge in [-0.05, 0) is 0 Å².